The molecule has 0 radical (unpaired) electrons. The van der Waals surface area contributed by atoms with Crippen molar-refractivity contribution in [2.75, 3.05) is 40.9 Å². The fraction of sp³-hybridized carbons (Fsp3) is 0.871. The average molecular weight is 1130 g/mol. The molecule has 466 valence electrons. The third-order valence-corrected chi connectivity index (χ3v) is 16.7. The number of hydrogen-bond acceptors (Lipinski definition) is 5. The molecule has 3 unspecified atom stereocenters. The number of carbonyl (C=O) groups excluding carboxylic acids is 1. The molecule has 0 aliphatic rings. The van der Waals surface area contributed by atoms with Crippen LogP contribution in [0.3, 0.4) is 0 Å². The van der Waals surface area contributed by atoms with Crippen molar-refractivity contribution in [2.45, 2.75) is 353 Å². The molecular weight excluding hydrogens is 996 g/mol. The molecule has 9 heteroatoms. The van der Waals surface area contributed by atoms with Crippen LogP contribution >= 0.6 is 7.82 Å². The molecule has 0 aromatic heterocycles. The van der Waals surface area contributed by atoms with Crippen molar-refractivity contribution < 1.29 is 32.9 Å². The fourth-order valence-corrected chi connectivity index (χ4v) is 11.1. The number of aliphatic hydroxyl groups is 1. The van der Waals surface area contributed by atoms with Gasteiger partial charge in [0.25, 0.3) is 0 Å². The molecule has 0 spiro atoms. The van der Waals surface area contributed by atoms with Gasteiger partial charge in [-0.05, 0) is 70.6 Å². The van der Waals surface area contributed by atoms with E-state index in [0.29, 0.717) is 17.4 Å². The van der Waals surface area contributed by atoms with Crippen LogP contribution in [0.25, 0.3) is 0 Å². The quantitative estimate of drug-likeness (QED) is 0.0243. The second kappa shape index (κ2) is 61.0. The molecule has 0 saturated carbocycles. The zero-order valence-electron chi connectivity index (χ0n) is 53.4. The lowest BCUT2D eigenvalue weighted by atomic mass is 10.0. The maximum absolute atomic E-state index is 13.0. The Balaban J connectivity index is 4.05. The van der Waals surface area contributed by atoms with E-state index in [4.69, 9.17) is 9.05 Å². The van der Waals surface area contributed by atoms with Gasteiger partial charge in [0.2, 0.25) is 5.91 Å². The highest BCUT2D eigenvalue weighted by molar-refractivity contribution is 7.47. The summed E-state index contributed by atoms with van der Waals surface area (Å²) >= 11 is 0. The van der Waals surface area contributed by atoms with Gasteiger partial charge in [0, 0.05) is 6.42 Å². The summed E-state index contributed by atoms with van der Waals surface area (Å²) in [7, 11) is 1.56. The smallest absolute Gasteiger partial charge is 0.387 e. The summed E-state index contributed by atoms with van der Waals surface area (Å²) < 4.78 is 23.8. The zero-order valence-corrected chi connectivity index (χ0v) is 54.3. The first kappa shape index (κ1) is 77.5. The lowest BCUT2D eigenvalue weighted by Crippen LogP contribution is -2.45. The molecule has 3 N–H and O–H groups in total. The molecule has 3 atom stereocenters. The number of unbranched alkanes of at least 4 members (excludes halogenated alkanes) is 45. The normalized spacial score (nSPS) is 14.0. The largest absolute Gasteiger partial charge is 0.472 e. The average Bonchev–Trinajstić information content (AvgIpc) is 3.42. The van der Waals surface area contributed by atoms with Crippen LogP contribution in [0.5, 0.6) is 0 Å². The van der Waals surface area contributed by atoms with E-state index in [-0.39, 0.29) is 19.1 Å². The van der Waals surface area contributed by atoms with E-state index >= 15 is 0 Å². The Labute approximate surface area is 492 Å². The standard InChI is InChI=1S/C70H135N2O6P/c1-6-8-10-12-14-16-18-20-22-24-26-28-30-31-32-33-34-35-36-37-38-39-40-41-42-44-46-48-50-52-54-56-58-60-62-64-70(74)71-68(67-78-79(75,76)77-66-65-72(3,4)5)69(73)63-61-59-57-55-53-51-49-47-45-43-29-27-25-23-21-19-17-15-13-11-9-7-2/h33-34,45,47,53,55,61,63,68-69,73H,6-32,35-44,46,48-52,54,56-60,62,64-67H2,1-5H3,(H-,71,74,75,76)/p+1/b34-33-,47-45+,55-53+,63-61+. The number of amides is 1. The molecule has 1 amide bonds. The molecule has 0 bridgehead atoms. The van der Waals surface area contributed by atoms with Crippen molar-refractivity contribution in [2.24, 2.45) is 0 Å². The second-order valence-corrected chi connectivity index (χ2v) is 26.3. The number of aliphatic hydroxyl groups excluding tert-OH is 1. The topological polar surface area (TPSA) is 105 Å². The number of rotatable bonds is 64. The van der Waals surface area contributed by atoms with Crippen LogP contribution in [0.15, 0.2) is 48.6 Å². The predicted octanol–water partition coefficient (Wildman–Crippen LogP) is 21.8. The van der Waals surface area contributed by atoms with Crippen molar-refractivity contribution in [3.8, 4) is 0 Å². The lowest BCUT2D eigenvalue weighted by molar-refractivity contribution is -0.870. The van der Waals surface area contributed by atoms with E-state index in [9.17, 15) is 19.4 Å². The number of carbonyl (C=O) groups is 1. The van der Waals surface area contributed by atoms with Gasteiger partial charge in [-0.1, -0.05) is 313 Å². The van der Waals surface area contributed by atoms with Crippen LogP contribution in [0, 0.1) is 0 Å². The van der Waals surface area contributed by atoms with Gasteiger partial charge in [0.15, 0.2) is 0 Å². The van der Waals surface area contributed by atoms with Crippen LogP contribution in [0.1, 0.15) is 341 Å². The minimum absolute atomic E-state index is 0.0541. The Kier molecular flexibility index (Phi) is 59.8. The third-order valence-electron chi connectivity index (χ3n) is 15.7. The monoisotopic (exact) mass is 1130 g/mol. The van der Waals surface area contributed by atoms with Gasteiger partial charge in [0.05, 0.1) is 39.9 Å². The van der Waals surface area contributed by atoms with Crippen LogP contribution in [0.4, 0.5) is 0 Å². The summed E-state index contributed by atoms with van der Waals surface area (Å²) in [6.45, 7) is 4.83. The van der Waals surface area contributed by atoms with Crippen LogP contribution in [0.2, 0.25) is 0 Å². The Hall–Kier alpha value is -1.54. The zero-order chi connectivity index (χ0) is 57.7. The minimum Gasteiger partial charge on any atom is -0.387 e. The number of likely N-dealkylation sites (N-methyl/N-ethyl adjacent to an activating group) is 1. The van der Waals surface area contributed by atoms with Gasteiger partial charge in [0.1, 0.15) is 13.2 Å². The maximum atomic E-state index is 13.0. The van der Waals surface area contributed by atoms with Gasteiger partial charge < -0.3 is 19.8 Å². The molecule has 0 heterocycles. The van der Waals surface area contributed by atoms with E-state index in [2.05, 4.69) is 55.6 Å². The first-order chi connectivity index (χ1) is 38.5. The molecular formula is C70H136N2O6P+. The van der Waals surface area contributed by atoms with E-state index in [1.165, 1.54) is 276 Å². The van der Waals surface area contributed by atoms with Crippen molar-refractivity contribution in [3.05, 3.63) is 48.6 Å². The molecule has 79 heavy (non-hydrogen) atoms. The molecule has 0 rings (SSSR count). The van der Waals surface area contributed by atoms with Crippen LogP contribution < -0.4 is 5.32 Å². The third kappa shape index (κ3) is 63.9. The van der Waals surface area contributed by atoms with Crippen molar-refractivity contribution in [1.29, 1.82) is 0 Å². The van der Waals surface area contributed by atoms with Gasteiger partial charge in [-0.25, -0.2) is 4.57 Å². The molecule has 0 aromatic rings. The second-order valence-electron chi connectivity index (χ2n) is 24.9. The molecule has 0 aliphatic heterocycles. The fourth-order valence-electron chi connectivity index (χ4n) is 10.4. The summed E-state index contributed by atoms with van der Waals surface area (Å²) in [4.78, 5) is 23.4. The SMILES string of the molecule is CCCCCCCCCCCCCC/C=C/CC/C=C/CC/C=C/C(O)C(COP(=O)(O)OCC[N+](C)(C)C)NC(=O)CCCCCCCCCCCCCCCCCCC/C=C\CCCCCCCCCCCCCCCC. The number of allylic oxidation sites excluding steroid dienone is 7. The number of hydrogen-bond donors (Lipinski definition) is 3. The summed E-state index contributed by atoms with van der Waals surface area (Å²) in [5, 5.41) is 14.0. The molecule has 8 nitrogen and oxygen atoms in total. The number of phosphoric acid groups is 1. The van der Waals surface area contributed by atoms with Gasteiger partial charge in [-0.2, -0.15) is 0 Å². The van der Waals surface area contributed by atoms with Crippen LogP contribution in [-0.2, 0) is 18.4 Å². The highest BCUT2D eigenvalue weighted by atomic mass is 31.2. The van der Waals surface area contributed by atoms with E-state index in [0.717, 1.165) is 44.9 Å². The molecule has 0 fully saturated rings. The van der Waals surface area contributed by atoms with Gasteiger partial charge in [-0.15, -0.1) is 0 Å². The summed E-state index contributed by atoms with van der Waals surface area (Å²) in [6.07, 6.45) is 82.7. The highest BCUT2D eigenvalue weighted by Crippen LogP contribution is 2.43. The Bertz CT molecular complexity index is 1430. The lowest BCUT2D eigenvalue weighted by Gasteiger charge is -2.25. The molecule has 0 aromatic carbocycles. The predicted molar refractivity (Wildman–Crippen MR) is 346 cm³/mol. The number of nitrogens with zero attached hydrogens (tertiary/aromatic N) is 1. The Morgan fingerprint density at radius 3 is 1.01 bits per heavy atom. The summed E-state index contributed by atoms with van der Waals surface area (Å²) in [5.74, 6) is -0.186. The summed E-state index contributed by atoms with van der Waals surface area (Å²) in [6, 6.07) is -0.871. The molecule has 0 aliphatic carbocycles. The molecule has 0 saturated heterocycles. The van der Waals surface area contributed by atoms with Gasteiger partial charge >= 0.3 is 7.82 Å². The minimum atomic E-state index is -4.36. The Morgan fingerprint density at radius 2 is 0.696 bits per heavy atom. The summed E-state index contributed by atoms with van der Waals surface area (Å²) in [5.41, 5.74) is 0. The van der Waals surface area contributed by atoms with E-state index in [1.54, 1.807) is 6.08 Å². The first-order valence-corrected chi connectivity index (χ1v) is 36.0. The number of nitrogens with one attached hydrogen (secondary N) is 1. The van der Waals surface area contributed by atoms with Crippen molar-refractivity contribution in [1.82, 2.24) is 5.32 Å². The number of quaternary nitrogens is 1. The van der Waals surface area contributed by atoms with E-state index in [1.807, 2.05) is 27.2 Å². The van der Waals surface area contributed by atoms with Crippen LogP contribution in [-0.4, -0.2) is 73.4 Å². The maximum Gasteiger partial charge on any atom is 0.472 e. The van der Waals surface area contributed by atoms with E-state index < -0.39 is 20.0 Å². The van der Waals surface area contributed by atoms with Crippen molar-refractivity contribution in [3.63, 3.8) is 0 Å². The highest BCUT2D eigenvalue weighted by Gasteiger charge is 2.28. The first-order valence-electron chi connectivity index (χ1n) is 34.5. The van der Waals surface area contributed by atoms with Gasteiger partial charge in [-0.3, -0.25) is 13.8 Å². The Morgan fingerprint density at radius 1 is 0.418 bits per heavy atom. The van der Waals surface area contributed by atoms with Crippen molar-refractivity contribution >= 4 is 13.7 Å². The number of phosphoric ester groups is 1.